The number of alkyl halides is 3. The molecule has 0 aliphatic carbocycles. The number of hydrogen-bond acceptors (Lipinski definition) is 6. The van der Waals surface area contributed by atoms with Crippen LogP contribution in [0.25, 0.3) is 5.82 Å². The monoisotopic (exact) mass is 403 g/mol. The Morgan fingerprint density at radius 3 is 2.28 bits per heavy atom. The van der Waals surface area contributed by atoms with Crippen molar-refractivity contribution in [3.05, 3.63) is 60.4 Å². The van der Waals surface area contributed by atoms with Crippen LogP contribution >= 0.6 is 0 Å². The Morgan fingerprint density at radius 2 is 1.72 bits per heavy atom. The average molecular weight is 403 g/mol. The summed E-state index contributed by atoms with van der Waals surface area (Å²) in [6.07, 6.45) is 1.33. The molecule has 4 heterocycles. The molecule has 1 aliphatic rings. The van der Waals surface area contributed by atoms with Crippen molar-refractivity contribution in [2.75, 3.05) is 31.1 Å². The molecule has 1 amide bonds. The van der Waals surface area contributed by atoms with E-state index in [4.69, 9.17) is 0 Å². The number of carbonyl (C=O) groups excluding carboxylic acids is 1. The summed E-state index contributed by atoms with van der Waals surface area (Å²) in [7, 11) is 0. The summed E-state index contributed by atoms with van der Waals surface area (Å²) < 4.78 is 39.6. The second-order valence-electron chi connectivity index (χ2n) is 6.43. The van der Waals surface area contributed by atoms with Gasteiger partial charge in [-0.2, -0.15) is 13.2 Å². The number of halogens is 3. The van der Waals surface area contributed by atoms with Crippen LogP contribution < -0.4 is 4.90 Å². The minimum Gasteiger partial charge on any atom is -0.353 e. The first-order chi connectivity index (χ1) is 13.9. The summed E-state index contributed by atoms with van der Waals surface area (Å²) >= 11 is 0. The molecular weight excluding hydrogens is 387 g/mol. The molecule has 0 unspecified atom stereocenters. The Morgan fingerprint density at radius 1 is 0.966 bits per heavy atom. The van der Waals surface area contributed by atoms with Gasteiger partial charge in [-0.1, -0.05) is 0 Å². The van der Waals surface area contributed by atoms with Gasteiger partial charge in [0, 0.05) is 44.8 Å². The zero-order valence-electron chi connectivity index (χ0n) is 15.1. The minimum absolute atomic E-state index is 0.231. The van der Waals surface area contributed by atoms with Crippen molar-refractivity contribution < 1.29 is 18.0 Å². The predicted octanol–water partition coefficient (Wildman–Crippen LogP) is 2.04. The number of carbonyl (C=O) groups is 1. The molecule has 0 saturated carbocycles. The Bertz CT molecular complexity index is 964. The molecule has 0 bridgehead atoms. The lowest BCUT2D eigenvalue weighted by molar-refractivity contribution is -0.137. The molecule has 0 aromatic carbocycles. The van der Waals surface area contributed by atoms with E-state index in [9.17, 15) is 18.0 Å². The zero-order chi connectivity index (χ0) is 20.4. The first kappa shape index (κ1) is 18.8. The molecule has 1 aliphatic heterocycles. The van der Waals surface area contributed by atoms with Crippen molar-refractivity contribution in [1.82, 2.24) is 29.6 Å². The highest BCUT2D eigenvalue weighted by molar-refractivity contribution is 5.92. The van der Waals surface area contributed by atoms with E-state index >= 15 is 0 Å². The van der Waals surface area contributed by atoms with Crippen LogP contribution in [0.1, 0.15) is 16.1 Å². The third kappa shape index (κ3) is 4.03. The number of pyridine rings is 1. The highest BCUT2D eigenvalue weighted by Crippen LogP contribution is 2.29. The van der Waals surface area contributed by atoms with Gasteiger partial charge in [-0.15, -0.1) is 10.2 Å². The number of imidazole rings is 1. The van der Waals surface area contributed by atoms with Crippen molar-refractivity contribution in [3.63, 3.8) is 0 Å². The molecule has 11 heteroatoms. The Labute approximate surface area is 163 Å². The molecule has 1 saturated heterocycles. The largest absolute Gasteiger partial charge is 0.417 e. The van der Waals surface area contributed by atoms with Crippen LogP contribution in [-0.4, -0.2) is 61.7 Å². The van der Waals surface area contributed by atoms with Gasteiger partial charge in [0.25, 0.3) is 5.91 Å². The van der Waals surface area contributed by atoms with Gasteiger partial charge in [-0.3, -0.25) is 9.36 Å². The minimum atomic E-state index is -4.41. The molecule has 0 N–H and O–H groups in total. The molecule has 3 aromatic heterocycles. The maximum Gasteiger partial charge on any atom is 0.417 e. The molecule has 29 heavy (non-hydrogen) atoms. The lowest BCUT2D eigenvalue weighted by atomic mass is 10.2. The average Bonchev–Trinajstić information content (AvgIpc) is 3.28. The number of amides is 1. The standard InChI is InChI=1S/C18H16F3N7O/c19-18(20,21)13-1-3-15(23-11-13)26-7-9-27(10-8-26)17(29)14-2-4-16(25-24-14)28-6-5-22-12-28/h1-6,11-12H,7-10H2. The van der Waals surface area contributed by atoms with Crippen molar-refractivity contribution in [3.8, 4) is 5.82 Å². The van der Waals surface area contributed by atoms with E-state index in [1.165, 1.54) is 6.07 Å². The Balaban J connectivity index is 1.37. The fraction of sp³-hybridized carbons (Fsp3) is 0.278. The van der Waals surface area contributed by atoms with Crippen LogP contribution in [0.3, 0.4) is 0 Å². The van der Waals surface area contributed by atoms with Crippen LogP contribution in [0.4, 0.5) is 19.0 Å². The fourth-order valence-electron chi connectivity index (χ4n) is 3.01. The van der Waals surface area contributed by atoms with Crippen LogP contribution in [-0.2, 0) is 6.18 Å². The van der Waals surface area contributed by atoms with E-state index < -0.39 is 11.7 Å². The highest BCUT2D eigenvalue weighted by atomic mass is 19.4. The summed E-state index contributed by atoms with van der Waals surface area (Å²) in [5.41, 5.74) is -0.553. The fourth-order valence-corrected chi connectivity index (χ4v) is 3.01. The molecule has 8 nitrogen and oxygen atoms in total. The molecule has 1 fully saturated rings. The summed E-state index contributed by atoms with van der Waals surface area (Å²) in [6, 6.07) is 5.65. The smallest absolute Gasteiger partial charge is 0.353 e. The maximum atomic E-state index is 12.7. The molecule has 4 rings (SSSR count). The van der Waals surface area contributed by atoms with Crippen molar-refractivity contribution in [2.24, 2.45) is 0 Å². The van der Waals surface area contributed by atoms with Gasteiger partial charge in [-0.05, 0) is 24.3 Å². The quantitative estimate of drug-likeness (QED) is 0.666. The number of piperazine rings is 1. The number of aromatic nitrogens is 5. The van der Waals surface area contributed by atoms with E-state index in [1.54, 1.807) is 40.3 Å². The van der Waals surface area contributed by atoms with E-state index in [0.717, 1.165) is 12.3 Å². The highest BCUT2D eigenvalue weighted by Gasteiger charge is 2.31. The van der Waals surface area contributed by atoms with Crippen LogP contribution in [0.2, 0.25) is 0 Å². The molecule has 3 aromatic rings. The number of nitrogens with zero attached hydrogens (tertiary/aromatic N) is 7. The van der Waals surface area contributed by atoms with E-state index in [-0.39, 0.29) is 11.6 Å². The van der Waals surface area contributed by atoms with Gasteiger partial charge >= 0.3 is 6.18 Å². The van der Waals surface area contributed by atoms with Gasteiger partial charge in [0.2, 0.25) is 0 Å². The summed E-state index contributed by atoms with van der Waals surface area (Å²) in [4.78, 5) is 24.0. The van der Waals surface area contributed by atoms with Gasteiger partial charge < -0.3 is 9.80 Å². The van der Waals surface area contributed by atoms with Gasteiger partial charge in [0.05, 0.1) is 5.56 Å². The summed E-state index contributed by atoms with van der Waals surface area (Å²) in [6.45, 7) is 1.74. The van der Waals surface area contributed by atoms with Crippen molar-refractivity contribution in [2.45, 2.75) is 6.18 Å². The number of hydrogen-bond donors (Lipinski definition) is 0. The predicted molar refractivity (Wildman–Crippen MR) is 96.5 cm³/mol. The van der Waals surface area contributed by atoms with E-state index in [1.807, 2.05) is 4.90 Å². The van der Waals surface area contributed by atoms with E-state index in [0.29, 0.717) is 37.8 Å². The lowest BCUT2D eigenvalue weighted by Gasteiger charge is -2.35. The Kier molecular flexibility index (Phi) is 4.87. The van der Waals surface area contributed by atoms with E-state index in [2.05, 4.69) is 20.2 Å². The molecular formula is C18H16F3N7O. The first-order valence-corrected chi connectivity index (χ1v) is 8.81. The number of rotatable bonds is 3. The maximum absolute atomic E-state index is 12.7. The zero-order valence-corrected chi connectivity index (χ0v) is 15.1. The van der Waals surface area contributed by atoms with Crippen LogP contribution in [0, 0.1) is 0 Å². The third-order valence-corrected chi connectivity index (χ3v) is 4.60. The summed E-state index contributed by atoms with van der Waals surface area (Å²) in [5.74, 6) is 0.765. The van der Waals surface area contributed by atoms with Crippen LogP contribution in [0.15, 0.2) is 49.2 Å². The molecule has 0 atom stereocenters. The van der Waals surface area contributed by atoms with Crippen molar-refractivity contribution in [1.29, 1.82) is 0 Å². The van der Waals surface area contributed by atoms with Gasteiger partial charge in [0.15, 0.2) is 11.5 Å². The molecule has 150 valence electrons. The van der Waals surface area contributed by atoms with Crippen molar-refractivity contribution >= 4 is 11.7 Å². The second-order valence-corrected chi connectivity index (χ2v) is 6.43. The molecule has 0 radical (unpaired) electrons. The number of anilines is 1. The normalized spacial score (nSPS) is 14.9. The summed E-state index contributed by atoms with van der Waals surface area (Å²) in [5, 5.41) is 8.04. The second kappa shape index (κ2) is 7.49. The molecule has 0 spiro atoms. The first-order valence-electron chi connectivity index (χ1n) is 8.81. The lowest BCUT2D eigenvalue weighted by Crippen LogP contribution is -2.49. The Hall–Kier alpha value is -3.50. The van der Waals surface area contributed by atoms with Gasteiger partial charge in [-0.25, -0.2) is 9.97 Å². The third-order valence-electron chi connectivity index (χ3n) is 4.60. The topological polar surface area (TPSA) is 80.0 Å². The SMILES string of the molecule is O=C(c1ccc(-n2ccnc2)nn1)N1CCN(c2ccc(C(F)(F)F)cn2)CC1. The van der Waals surface area contributed by atoms with Gasteiger partial charge in [0.1, 0.15) is 12.1 Å². The van der Waals surface area contributed by atoms with Crippen LogP contribution in [0.5, 0.6) is 0 Å².